The molecular weight excluding hydrogens is 352 g/mol. The molecule has 0 unspecified atom stereocenters. The second kappa shape index (κ2) is 9.61. The van der Waals surface area contributed by atoms with Gasteiger partial charge >= 0.3 is 0 Å². The summed E-state index contributed by atoms with van der Waals surface area (Å²) in [6.45, 7) is 10.2. The van der Waals surface area contributed by atoms with Crippen LogP contribution in [0, 0.1) is 0 Å². The van der Waals surface area contributed by atoms with E-state index < -0.39 is 0 Å². The molecule has 0 bridgehead atoms. The van der Waals surface area contributed by atoms with Crippen LogP contribution in [-0.2, 0) is 4.74 Å². The summed E-state index contributed by atoms with van der Waals surface area (Å²) in [5.41, 5.74) is 0. The van der Waals surface area contributed by atoms with Crippen molar-refractivity contribution in [1.29, 1.82) is 0 Å². The summed E-state index contributed by atoms with van der Waals surface area (Å²) in [5, 5.41) is 0.877. The zero-order chi connectivity index (χ0) is 17.6. The van der Waals surface area contributed by atoms with Gasteiger partial charge in [0.25, 0.3) is 0 Å². The minimum Gasteiger partial charge on any atom is -0.373 e. The predicted molar refractivity (Wildman–Crippen MR) is 108 cm³/mol. The molecule has 1 aromatic rings. The maximum atomic E-state index is 6.24. The van der Waals surface area contributed by atoms with Crippen LogP contribution in [0.4, 0.5) is 0 Å². The molecule has 0 N–H and O–H groups in total. The van der Waals surface area contributed by atoms with Gasteiger partial charge in [-0.2, -0.15) is 0 Å². The fraction of sp³-hybridized carbons (Fsp3) is 0.700. The van der Waals surface area contributed by atoms with Crippen molar-refractivity contribution < 1.29 is 4.74 Å². The molecule has 2 fully saturated rings. The smallest absolute Gasteiger partial charge is 0.0678 e. The van der Waals surface area contributed by atoms with E-state index in [4.69, 9.17) is 16.3 Å². The number of ether oxygens (including phenoxy) is 1. The number of rotatable bonds is 7. The lowest BCUT2D eigenvalue weighted by Gasteiger charge is -2.38. The molecule has 3 rings (SSSR count). The maximum absolute atomic E-state index is 6.24. The fourth-order valence-corrected chi connectivity index (χ4v) is 5.31. The molecule has 2 heterocycles. The standard InChI is InChI=1S/C20H31ClN2OS/c1-16-13-22(14-17(2)24-16)15-18-7-5-10-23(18)11-6-12-25-20-9-4-3-8-19(20)21/h3-4,8-9,16-18H,5-7,10-15H2,1-2H3/t16-,17-,18+/m1/s1. The second-order valence-electron chi connectivity index (χ2n) is 7.44. The highest BCUT2D eigenvalue weighted by Gasteiger charge is 2.29. The van der Waals surface area contributed by atoms with Crippen LogP contribution >= 0.6 is 23.4 Å². The number of nitrogens with zero attached hydrogens (tertiary/aromatic N) is 2. The molecule has 2 saturated heterocycles. The third-order valence-corrected chi connectivity index (χ3v) is 6.75. The Bertz CT molecular complexity index is 534. The van der Waals surface area contributed by atoms with Gasteiger partial charge in [-0.25, -0.2) is 0 Å². The van der Waals surface area contributed by atoms with Gasteiger partial charge in [-0.3, -0.25) is 9.80 Å². The van der Waals surface area contributed by atoms with E-state index in [0.29, 0.717) is 12.2 Å². The SMILES string of the molecule is C[C@@H]1CN(C[C@@H]2CCCN2CCCSc2ccccc2Cl)C[C@@H](C)O1. The number of halogens is 1. The van der Waals surface area contributed by atoms with Crippen molar-refractivity contribution in [2.24, 2.45) is 0 Å². The number of likely N-dealkylation sites (tertiary alicyclic amines) is 1. The highest BCUT2D eigenvalue weighted by atomic mass is 35.5. The van der Waals surface area contributed by atoms with E-state index >= 15 is 0 Å². The van der Waals surface area contributed by atoms with Crippen LogP contribution in [0.1, 0.15) is 33.1 Å². The number of benzene rings is 1. The normalized spacial score (nSPS) is 28.5. The third-order valence-electron chi connectivity index (χ3n) is 5.15. The average molecular weight is 383 g/mol. The first-order valence-corrected chi connectivity index (χ1v) is 11.0. The Kier molecular flexibility index (Phi) is 7.50. The lowest BCUT2D eigenvalue weighted by atomic mass is 10.1. The van der Waals surface area contributed by atoms with Crippen LogP contribution in [0.25, 0.3) is 0 Å². The Hall–Kier alpha value is -0.260. The lowest BCUT2D eigenvalue weighted by molar-refractivity contribution is -0.0722. The Morgan fingerprint density at radius 3 is 2.72 bits per heavy atom. The quantitative estimate of drug-likeness (QED) is 0.513. The average Bonchev–Trinajstić information content (AvgIpc) is 2.99. The summed E-state index contributed by atoms with van der Waals surface area (Å²) in [6, 6.07) is 8.88. The van der Waals surface area contributed by atoms with Crippen LogP contribution < -0.4 is 0 Å². The lowest BCUT2D eigenvalue weighted by Crippen LogP contribution is -2.50. The van der Waals surface area contributed by atoms with Crippen LogP contribution in [-0.4, -0.2) is 66.5 Å². The van der Waals surface area contributed by atoms with Crippen LogP contribution in [0.2, 0.25) is 5.02 Å². The van der Waals surface area contributed by atoms with Crippen molar-refractivity contribution in [1.82, 2.24) is 9.80 Å². The molecule has 0 spiro atoms. The summed E-state index contributed by atoms with van der Waals surface area (Å²) >= 11 is 8.12. The van der Waals surface area contributed by atoms with E-state index in [0.717, 1.165) is 29.9 Å². The zero-order valence-electron chi connectivity index (χ0n) is 15.5. The molecule has 140 valence electrons. The zero-order valence-corrected chi connectivity index (χ0v) is 17.1. The molecule has 0 aliphatic carbocycles. The molecule has 3 atom stereocenters. The van der Waals surface area contributed by atoms with Gasteiger partial charge in [-0.1, -0.05) is 23.7 Å². The summed E-state index contributed by atoms with van der Waals surface area (Å²) < 4.78 is 5.87. The van der Waals surface area contributed by atoms with Crippen molar-refractivity contribution in [3.05, 3.63) is 29.3 Å². The highest BCUT2D eigenvalue weighted by Crippen LogP contribution is 2.27. The Labute approximate surface area is 162 Å². The Morgan fingerprint density at radius 2 is 1.96 bits per heavy atom. The van der Waals surface area contributed by atoms with Gasteiger partial charge in [0.05, 0.1) is 17.2 Å². The van der Waals surface area contributed by atoms with E-state index in [1.165, 1.54) is 43.8 Å². The van der Waals surface area contributed by atoms with Crippen molar-refractivity contribution in [2.45, 2.75) is 56.3 Å². The summed E-state index contributed by atoms with van der Waals surface area (Å²) in [6.07, 6.45) is 4.65. The minimum atomic E-state index is 0.366. The summed E-state index contributed by atoms with van der Waals surface area (Å²) in [7, 11) is 0. The number of hydrogen-bond donors (Lipinski definition) is 0. The number of morpholine rings is 1. The predicted octanol–water partition coefficient (Wildman–Crippen LogP) is 4.40. The van der Waals surface area contributed by atoms with Crippen LogP contribution in [0.5, 0.6) is 0 Å². The second-order valence-corrected chi connectivity index (χ2v) is 8.98. The molecule has 0 aromatic heterocycles. The molecule has 0 saturated carbocycles. The molecule has 0 amide bonds. The molecular formula is C20H31ClN2OS. The van der Waals surface area contributed by atoms with Gasteiger partial charge in [0.2, 0.25) is 0 Å². The van der Waals surface area contributed by atoms with Crippen LogP contribution in [0.3, 0.4) is 0 Å². The van der Waals surface area contributed by atoms with Gasteiger partial charge in [0, 0.05) is 30.6 Å². The van der Waals surface area contributed by atoms with Crippen LogP contribution in [0.15, 0.2) is 29.2 Å². The van der Waals surface area contributed by atoms with E-state index in [-0.39, 0.29) is 0 Å². The van der Waals surface area contributed by atoms with Gasteiger partial charge in [0.15, 0.2) is 0 Å². The molecule has 2 aliphatic heterocycles. The molecule has 2 aliphatic rings. The fourth-order valence-electron chi connectivity index (χ4n) is 4.14. The van der Waals surface area contributed by atoms with E-state index in [1.54, 1.807) is 0 Å². The molecule has 25 heavy (non-hydrogen) atoms. The Balaban J connectivity index is 1.40. The molecule has 0 radical (unpaired) electrons. The third kappa shape index (κ3) is 5.86. The first-order valence-electron chi connectivity index (χ1n) is 9.61. The van der Waals surface area contributed by atoms with Crippen molar-refractivity contribution in [2.75, 3.05) is 38.5 Å². The summed E-state index contributed by atoms with van der Waals surface area (Å²) in [4.78, 5) is 6.52. The maximum Gasteiger partial charge on any atom is 0.0678 e. The van der Waals surface area contributed by atoms with E-state index in [2.05, 4.69) is 35.8 Å². The van der Waals surface area contributed by atoms with Crippen molar-refractivity contribution >= 4 is 23.4 Å². The largest absolute Gasteiger partial charge is 0.373 e. The highest BCUT2D eigenvalue weighted by molar-refractivity contribution is 7.99. The van der Waals surface area contributed by atoms with E-state index in [9.17, 15) is 0 Å². The van der Waals surface area contributed by atoms with Crippen molar-refractivity contribution in [3.63, 3.8) is 0 Å². The molecule has 1 aromatic carbocycles. The van der Waals surface area contributed by atoms with Crippen molar-refractivity contribution in [3.8, 4) is 0 Å². The van der Waals surface area contributed by atoms with Gasteiger partial charge in [-0.15, -0.1) is 11.8 Å². The molecule has 3 nitrogen and oxygen atoms in total. The topological polar surface area (TPSA) is 15.7 Å². The molecule has 5 heteroatoms. The number of hydrogen-bond acceptors (Lipinski definition) is 4. The van der Waals surface area contributed by atoms with Gasteiger partial charge in [0.1, 0.15) is 0 Å². The first kappa shape index (κ1) is 19.5. The Morgan fingerprint density at radius 1 is 1.20 bits per heavy atom. The van der Waals surface area contributed by atoms with E-state index in [1.807, 2.05) is 23.9 Å². The minimum absolute atomic E-state index is 0.366. The monoisotopic (exact) mass is 382 g/mol. The van der Waals surface area contributed by atoms with Gasteiger partial charge in [-0.05, 0) is 64.1 Å². The first-order chi connectivity index (χ1) is 12.1. The number of thioether (sulfide) groups is 1. The van der Waals surface area contributed by atoms with Gasteiger partial charge < -0.3 is 4.74 Å². The summed E-state index contributed by atoms with van der Waals surface area (Å²) in [5.74, 6) is 1.14.